The van der Waals surface area contributed by atoms with E-state index in [0.29, 0.717) is 6.04 Å². The summed E-state index contributed by atoms with van der Waals surface area (Å²) in [5, 5.41) is 4.02. The van der Waals surface area contributed by atoms with Crippen LogP contribution in [0.25, 0.3) is 0 Å². The highest BCUT2D eigenvalue weighted by Gasteiger charge is 2.36. The van der Waals surface area contributed by atoms with E-state index in [1.807, 2.05) is 0 Å². The molecule has 1 N–H and O–H groups in total. The Hall–Kier alpha value is -0.380. The molecule has 4 rings (SSSR count). The van der Waals surface area contributed by atoms with E-state index < -0.39 is 0 Å². The molecule has 0 bridgehead atoms. The molecule has 0 saturated carbocycles. The molecule has 1 aromatic carbocycles. The summed E-state index contributed by atoms with van der Waals surface area (Å²) in [5.41, 5.74) is 3.11. The van der Waals surface area contributed by atoms with Crippen LogP contribution in [0.5, 0.6) is 0 Å². The Morgan fingerprint density at radius 2 is 2.00 bits per heavy atom. The van der Waals surface area contributed by atoms with E-state index in [1.165, 1.54) is 62.5 Å². The van der Waals surface area contributed by atoms with E-state index >= 15 is 0 Å². The number of nitrogens with one attached hydrogen (secondary N) is 1. The van der Waals surface area contributed by atoms with E-state index in [-0.39, 0.29) is 0 Å². The van der Waals surface area contributed by atoms with Crippen LogP contribution in [0.3, 0.4) is 0 Å². The summed E-state index contributed by atoms with van der Waals surface area (Å²) in [7, 11) is 0. The minimum Gasteiger partial charge on any atom is -0.309 e. The fraction of sp³-hybridized carbons (Fsp3) is 0.667. The SMILES string of the molecule is Brc1ccc2c(c1)CCC(NC1CCN3CCCCC13)C2. The molecule has 3 heteroatoms. The Balaban J connectivity index is 1.41. The molecule has 0 aromatic heterocycles. The van der Waals surface area contributed by atoms with Crippen LogP contribution in [0, 0.1) is 0 Å². The van der Waals surface area contributed by atoms with Crippen LogP contribution < -0.4 is 5.32 Å². The van der Waals surface area contributed by atoms with Gasteiger partial charge in [0.25, 0.3) is 0 Å². The number of fused-ring (bicyclic) bond motifs is 2. The van der Waals surface area contributed by atoms with Gasteiger partial charge in [0.05, 0.1) is 0 Å². The van der Waals surface area contributed by atoms with Gasteiger partial charge in [-0.2, -0.15) is 0 Å². The highest BCUT2D eigenvalue weighted by Crippen LogP contribution is 2.30. The van der Waals surface area contributed by atoms with Crippen LogP contribution in [0.2, 0.25) is 0 Å². The Bertz CT molecular complexity index is 516. The van der Waals surface area contributed by atoms with Gasteiger partial charge in [-0.25, -0.2) is 0 Å². The minimum absolute atomic E-state index is 0.686. The third-order valence-electron chi connectivity index (χ3n) is 5.70. The molecular formula is C18H25BrN2. The zero-order valence-corrected chi connectivity index (χ0v) is 14.2. The molecule has 2 fully saturated rings. The molecule has 0 spiro atoms. The van der Waals surface area contributed by atoms with Crippen LogP contribution in [0.15, 0.2) is 22.7 Å². The van der Waals surface area contributed by atoms with Gasteiger partial charge in [-0.15, -0.1) is 0 Å². The number of rotatable bonds is 2. The number of benzene rings is 1. The molecule has 0 amide bonds. The van der Waals surface area contributed by atoms with E-state index in [0.717, 1.165) is 12.1 Å². The van der Waals surface area contributed by atoms with Crippen LogP contribution in [0.1, 0.15) is 43.2 Å². The smallest absolute Gasteiger partial charge is 0.0249 e. The highest BCUT2D eigenvalue weighted by molar-refractivity contribution is 9.10. The number of hydrogen-bond acceptors (Lipinski definition) is 2. The summed E-state index contributed by atoms with van der Waals surface area (Å²) in [5.74, 6) is 0. The van der Waals surface area contributed by atoms with Crippen molar-refractivity contribution in [1.29, 1.82) is 0 Å². The number of piperidine rings is 1. The number of halogens is 1. The number of aryl methyl sites for hydroxylation is 1. The summed E-state index contributed by atoms with van der Waals surface area (Å²) in [6.07, 6.45) is 9.35. The molecule has 2 saturated heterocycles. The maximum absolute atomic E-state index is 4.02. The summed E-state index contributed by atoms with van der Waals surface area (Å²) in [4.78, 5) is 2.73. The Kier molecular flexibility index (Phi) is 4.08. The monoisotopic (exact) mass is 348 g/mol. The van der Waals surface area contributed by atoms with E-state index in [2.05, 4.69) is 44.3 Å². The van der Waals surface area contributed by atoms with E-state index in [4.69, 9.17) is 0 Å². The number of nitrogens with zero attached hydrogens (tertiary/aromatic N) is 1. The van der Waals surface area contributed by atoms with Crippen molar-refractivity contribution in [2.24, 2.45) is 0 Å². The predicted octanol–water partition coefficient (Wildman–Crippen LogP) is 3.52. The van der Waals surface area contributed by atoms with Gasteiger partial charge in [0.1, 0.15) is 0 Å². The van der Waals surface area contributed by atoms with Crippen LogP contribution >= 0.6 is 15.9 Å². The molecule has 21 heavy (non-hydrogen) atoms. The standard InChI is InChI=1S/C18H25BrN2/c19-15-6-4-14-12-16(7-5-13(14)11-15)20-17-8-10-21-9-2-1-3-18(17)21/h4,6,11,16-18,20H,1-3,5,7-10,12H2. The van der Waals surface area contributed by atoms with Gasteiger partial charge in [-0.1, -0.05) is 28.4 Å². The van der Waals surface area contributed by atoms with Crippen molar-refractivity contribution in [3.05, 3.63) is 33.8 Å². The Labute approximate surface area is 136 Å². The molecule has 3 atom stereocenters. The minimum atomic E-state index is 0.686. The molecule has 3 unspecified atom stereocenters. The largest absolute Gasteiger partial charge is 0.309 e. The van der Waals surface area contributed by atoms with Gasteiger partial charge in [0.2, 0.25) is 0 Å². The van der Waals surface area contributed by atoms with Crippen molar-refractivity contribution in [3.8, 4) is 0 Å². The van der Waals surface area contributed by atoms with Gasteiger partial charge in [-0.05, 0) is 68.3 Å². The van der Waals surface area contributed by atoms with Gasteiger partial charge in [-0.3, -0.25) is 4.90 Å². The van der Waals surface area contributed by atoms with Crippen molar-refractivity contribution in [3.63, 3.8) is 0 Å². The van der Waals surface area contributed by atoms with E-state index in [1.54, 1.807) is 11.1 Å². The first-order valence-electron chi connectivity index (χ1n) is 8.57. The van der Waals surface area contributed by atoms with Crippen LogP contribution in [0.4, 0.5) is 0 Å². The fourth-order valence-corrected chi connectivity index (χ4v) is 5.02. The first kappa shape index (κ1) is 14.2. The van der Waals surface area contributed by atoms with E-state index in [9.17, 15) is 0 Å². The highest BCUT2D eigenvalue weighted by atomic mass is 79.9. The second-order valence-electron chi connectivity index (χ2n) is 7.01. The molecule has 1 aromatic rings. The summed E-state index contributed by atoms with van der Waals surface area (Å²) < 4.78 is 1.22. The van der Waals surface area contributed by atoms with Crippen molar-refractivity contribution < 1.29 is 0 Å². The van der Waals surface area contributed by atoms with Gasteiger partial charge in [0.15, 0.2) is 0 Å². The molecule has 114 valence electrons. The van der Waals surface area contributed by atoms with Crippen LogP contribution in [-0.4, -0.2) is 36.1 Å². The van der Waals surface area contributed by atoms with Crippen molar-refractivity contribution in [2.45, 2.75) is 63.1 Å². The second kappa shape index (κ2) is 6.02. The number of hydrogen-bond donors (Lipinski definition) is 1. The molecule has 2 heterocycles. The van der Waals surface area contributed by atoms with Crippen molar-refractivity contribution >= 4 is 15.9 Å². The average molecular weight is 349 g/mol. The summed E-state index contributed by atoms with van der Waals surface area (Å²) in [6, 6.07) is 9.07. The van der Waals surface area contributed by atoms with Crippen LogP contribution in [-0.2, 0) is 12.8 Å². The van der Waals surface area contributed by atoms with Crippen molar-refractivity contribution in [2.75, 3.05) is 13.1 Å². The summed E-state index contributed by atoms with van der Waals surface area (Å²) >= 11 is 3.59. The topological polar surface area (TPSA) is 15.3 Å². The normalized spacial score (nSPS) is 32.7. The lowest BCUT2D eigenvalue weighted by atomic mass is 9.87. The quantitative estimate of drug-likeness (QED) is 0.879. The molecule has 2 aliphatic heterocycles. The maximum atomic E-state index is 4.02. The zero-order valence-electron chi connectivity index (χ0n) is 12.7. The zero-order chi connectivity index (χ0) is 14.2. The molecule has 3 aliphatic rings. The first-order chi connectivity index (χ1) is 10.3. The lowest BCUT2D eigenvalue weighted by Gasteiger charge is -2.35. The van der Waals surface area contributed by atoms with Gasteiger partial charge < -0.3 is 5.32 Å². The second-order valence-corrected chi connectivity index (χ2v) is 7.93. The Morgan fingerprint density at radius 1 is 1.05 bits per heavy atom. The lowest BCUT2D eigenvalue weighted by molar-refractivity contribution is 0.175. The molecule has 1 aliphatic carbocycles. The fourth-order valence-electron chi connectivity index (χ4n) is 4.61. The van der Waals surface area contributed by atoms with Gasteiger partial charge in [0, 0.05) is 29.1 Å². The van der Waals surface area contributed by atoms with Crippen molar-refractivity contribution in [1.82, 2.24) is 10.2 Å². The average Bonchev–Trinajstić information content (AvgIpc) is 2.91. The third kappa shape index (κ3) is 2.93. The predicted molar refractivity (Wildman–Crippen MR) is 90.7 cm³/mol. The Morgan fingerprint density at radius 3 is 2.95 bits per heavy atom. The molecular weight excluding hydrogens is 324 g/mol. The maximum Gasteiger partial charge on any atom is 0.0249 e. The third-order valence-corrected chi connectivity index (χ3v) is 6.20. The first-order valence-corrected chi connectivity index (χ1v) is 9.36. The lowest BCUT2D eigenvalue weighted by Crippen LogP contribution is -2.49. The molecule has 0 radical (unpaired) electrons. The summed E-state index contributed by atoms with van der Waals surface area (Å²) in [6.45, 7) is 2.66. The molecule has 2 nitrogen and oxygen atoms in total. The van der Waals surface area contributed by atoms with Gasteiger partial charge >= 0.3 is 0 Å².